The van der Waals surface area contributed by atoms with E-state index in [4.69, 9.17) is 4.74 Å². The zero-order chi connectivity index (χ0) is 24.0. The minimum absolute atomic E-state index is 0.160. The van der Waals surface area contributed by atoms with Gasteiger partial charge in [-0.25, -0.2) is 18.1 Å². The Morgan fingerprint density at radius 1 is 1.09 bits per heavy atom. The average molecular weight is 484 g/mol. The number of nitrogens with zero attached hydrogens (tertiary/aromatic N) is 5. The number of rotatable bonds is 5. The van der Waals surface area contributed by atoms with E-state index in [1.54, 1.807) is 39.1 Å². The Hall–Kier alpha value is -2.98. The molecule has 180 valence electrons. The van der Waals surface area contributed by atoms with E-state index in [-0.39, 0.29) is 12.5 Å². The van der Waals surface area contributed by atoms with Crippen LogP contribution in [0.3, 0.4) is 0 Å². The second-order valence-corrected chi connectivity index (χ2v) is 11.0. The molecule has 0 radical (unpaired) electrons. The van der Waals surface area contributed by atoms with Crippen LogP contribution in [0.15, 0.2) is 29.2 Å². The van der Waals surface area contributed by atoms with Gasteiger partial charge in [0, 0.05) is 38.1 Å². The molecule has 0 spiro atoms. The van der Waals surface area contributed by atoms with Crippen LogP contribution in [0, 0.1) is 13.8 Å². The summed E-state index contributed by atoms with van der Waals surface area (Å²) in [4.78, 5) is 19.7. The van der Waals surface area contributed by atoms with Crippen LogP contribution in [0.1, 0.15) is 36.1 Å². The number of hydrogen-bond acceptors (Lipinski definition) is 6. The molecule has 0 saturated carbocycles. The Labute approximate surface area is 199 Å². The molecular weight excluding hydrogens is 454 g/mol. The molecule has 0 N–H and O–H groups in total. The second kappa shape index (κ2) is 8.66. The topological polar surface area (TPSA) is 97.6 Å². The fourth-order valence-corrected chi connectivity index (χ4v) is 6.50. The maximum atomic E-state index is 13.1. The Morgan fingerprint density at radius 3 is 2.62 bits per heavy atom. The number of benzene rings is 1. The molecule has 0 bridgehead atoms. The normalized spacial score (nSPS) is 16.7. The largest absolute Gasteiger partial charge is 0.466 e. The summed E-state index contributed by atoms with van der Waals surface area (Å²) in [5.74, 6) is 0.202. The van der Waals surface area contributed by atoms with Crippen molar-refractivity contribution in [3.05, 3.63) is 41.1 Å². The number of carbonyl (C=O) groups excluding carboxylic acids is 1. The molecular formula is C24H29N5O4S. The van der Waals surface area contributed by atoms with E-state index in [9.17, 15) is 13.2 Å². The monoisotopic (exact) mass is 483 g/mol. The SMILES string of the molecule is Cc1cc(C)c2c(OCC(=O)N3CCCc4cc(S(=O)(=O)N5CCCC5)ccc43)nn(C)c2n1. The van der Waals surface area contributed by atoms with Gasteiger partial charge in [-0.3, -0.25) is 4.79 Å². The maximum absolute atomic E-state index is 13.1. The first kappa shape index (κ1) is 22.8. The molecule has 3 aromatic rings. The van der Waals surface area contributed by atoms with Gasteiger partial charge in [-0.1, -0.05) is 0 Å². The smallest absolute Gasteiger partial charge is 0.264 e. The van der Waals surface area contributed by atoms with Crippen LogP contribution < -0.4 is 9.64 Å². The van der Waals surface area contributed by atoms with E-state index in [1.807, 2.05) is 19.9 Å². The Balaban J connectivity index is 1.36. The third kappa shape index (κ3) is 3.94. The van der Waals surface area contributed by atoms with Crippen molar-refractivity contribution < 1.29 is 17.9 Å². The molecule has 1 saturated heterocycles. The van der Waals surface area contributed by atoms with E-state index in [1.165, 1.54) is 0 Å². The number of carbonyl (C=O) groups is 1. The molecule has 34 heavy (non-hydrogen) atoms. The molecule has 10 heteroatoms. The van der Waals surface area contributed by atoms with Gasteiger partial charge >= 0.3 is 0 Å². The molecule has 5 rings (SSSR count). The van der Waals surface area contributed by atoms with E-state index in [2.05, 4.69) is 10.1 Å². The number of ether oxygens (including phenoxy) is 1. The van der Waals surface area contributed by atoms with Crippen molar-refractivity contribution in [2.24, 2.45) is 7.05 Å². The van der Waals surface area contributed by atoms with E-state index >= 15 is 0 Å². The van der Waals surface area contributed by atoms with Gasteiger partial charge in [-0.05, 0) is 74.9 Å². The van der Waals surface area contributed by atoms with Gasteiger partial charge in [0.05, 0.1) is 10.3 Å². The first-order valence-electron chi connectivity index (χ1n) is 11.6. The zero-order valence-corrected chi connectivity index (χ0v) is 20.6. The molecule has 0 unspecified atom stereocenters. The number of hydrogen-bond donors (Lipinski definition) is 0. The number of aryl methyl sites for hydroxylation is 4. The Morgan fingerprint density at radius 2 is 1.85 bits per heavy atom. The minimum Gasteiger partial charge on any atom is -0.466 e. The molecule has 1 fully saturated rings. The van der Waals surface area contributed by atoms with E-state index in [0.717, 1.165) is 59.2 Å². The van der Waals surface area contributed by atoms with Gasteiger partial charge in [0.25, 0.3) is 5.91 Å². The van der Waals surface area contributed by atoms with Crippen LogP contribution in [0.4, 0.5) is 5.69 Å². The summed E-state index contributed by atoms with van der Waals surface area (Å²) in [6.45, 7) is 5.44. The van der Waals surface area contributed by atoms with Crippen LogP contribution in [-0.4, -0.2) is 59.6 Å². The number of pyridine rings is 1. The maximum Gasteiger partial charge on any atom is 0.264 e. The van der Waals surface area contributed by atoms with Crippen LogP contribution in [0.2, 0.25) is 0 Å². The van der Waals surface area contributed by atoms with Crippen molar-refractivity contribution in [2.75, 3.05) is 31.1 Å². The fourth-order valence-electron chi connectivity index (χ4n) is 4.93. The lowest BCUT2D eigenvalue weighted by Gasteiger charge is -2.30. The zero-order valence-electron chi connectivity index (χ0n) is 19.7. The highest BCUT2D eigenvalue weighted by Gasteiger charge is 2.30. The van der Waals surface area contributed by atoms with Crippen molar-refractivity contribution >= 4 is 32.7 Å². The number of aromatic nitrogens is 3. The lowest BCUT2D eigenvalue weighted by molar-refractivity contribution is -0.120. The molecule has 4 heterocycles. The standard InChI is InChI=1S/C24H29N5O4S/c1-16-13-17(2)25-23-22(16)24(26-27(23)3)33-15-21(30)29-12-6-7-18-14-19(8-9-20(18)29)34(31,32)28-10-4-5-11-28/h8-9,13-14H,4-7,10-12,15H2,1-3H3. The summed E-state index contributed by atoms with van der Waals surface area (Å²) in [5, 5.41) is 5.22. The lowest BCUT2D eigenvalue weighted by atomic mass is 10.0. The molecule has 2 aliphatic rings. The van der Waals surface area contributed by atoms with Crippen molar-refractivity contribution in [3.8, 4) is 5.88 Å². The van der Waals surface area contributed by atoms with Crippen molar-refractivity contribution in [1.82, 2.24) is 19.1 Å². The summed E-state index contributed by atoms with van der Waals surface area (Å²) in [6.07, 6.45) is 3.29. The molecule has 1 aromatic carbocycles. The van der Waals surface area contributed by atoms with Gasteiger partial charge in [0.2, 0.25) is 15.9 Å². The minimum atomic E-state index is -3.49. The molecule has 2 aromatic heterocycles. The van der Waals surface area contributed by atoms with Crippen molar-refractivity contribution in [2.45, 2.75) is 44.4 Å². The highest BCUT2D eigenvalue weighted by atomic mass is 32.2. The third-order valence-corrected chi connectivity index (χ3v) is 8.49. The Bertz CT molecular complexity index is 1380. The summed E-state index contributed by atoms with van der Waals surface area (Å²) in [7, 11) is -1.69. The van der Waals surface area contributed by atoms with Crippen molar-refractivity contribution in [3.63, 3.8) is 0 Å². The third-order valence-electron chi connectivity index (χ3n) is 6.59. The summed E-state index contributed by atoms with van der Waals surface area (Å²) >= 11 is 0. The van der Waals surface area contributed by atoms with Crippen LogP contribution in [0.25, 0.3) is 11.0 Å². The predicted molar refractivity (Wildman–Crippen MR) is 129 cm³/mol. The number of amides is 1. The van der Waals surface area contributed by atoms with Gasteiger partial charge < -0.3 is 9.64 Å². The van der Waals surface area contributed by atoms with E-state index in [0.29, 0.717) is 30.4 Å². The first-order chi connectivity index (χ1) is 16.3. The highest BCUT2D eigenvalue weighted by molar-refractivity contribution is 7.89. The summed E-state index contributed by atoms with van der Waals surface area (Å²) < 4.78 is 35.0. The van der Waals surface area contributed by atoms with Crippen LogP contribution in [0.5, 0.6) is 5.88 Å². The van der Waals surface area contributed by atoms with Gasteiger partial charge in [0.1, 0.15) is 0 Å². The summed E-state index contributed by atoms with van der Waals surface area (Å²) in [5.41, 5.74) is 4.23. The molecule has 0 aliphatic carbocycles. The second-order valence-electron chi connectivity index (χ2n) is 9.05. The Kier molecular flexibility index (Phi) is 5.81. The number of sulfonamides is 1. The molecule has 9 nitrogen and oxygen atoms in total. The summed E-state index contributed by atoms with van der Waals surface area (Å²) in [6, 6.07) is 7.06. The van der Waals surface area contributed by atoms with Crippen LogP contribution >= 0.6 is 0 Å². The first-order valence-corrected chi connectivity index (χ1v) is 13.1. The van der Waals surface area contributed by atoms with Gasteiger partial charge in [-0.2, -0.15) is 4.31 Å². The van der Waals surface area contributed by atoms with Gasteiger partial charge in [-0.15, -0.1) is 5.10 Å². The lowest BCUT2D eigenvalue weighted by Crippen LogP contribution is -2.39. The van der Waals surface area contributed by atoms with E-state index < -0.39 is 10.0 Å². The number of anilines is 1. The van der Waals surface area contributed by atoms with Crippen LogP contribution in [-0.2, 0) is 28.3 Å². The molecule has 0 atom stereocenters. The molecule has 2 aliphatic heterocycles. The van der Waals surface area contributed by atoms with Crippen molar-refractivity contribution in [1.29, 1.82) is 0 Å². The predicted octanol–water partition coefficient (Wildman–Crippen LogP) is 2.73. The van der Waals surface area contributed by atoms with Gasteiger partial charge in [0.15, 0.2) is 12.3 Å². The highest BCUT2D eigenvalue weighted by Crippen LogP contribution is 2.32. The number of fused-ring (bicyclic) bond motifs is 2. The average Bonchev–Trinajstić information content (AvgIpc) is 3.46. The molecule has 1 amide bonds. The quantitative estimate of drug-likeness (QED) is 0.554. The fraction of sp³-hybridized carbons (Fsp3) is 0.458.